The second-order valence-electron chi connectivity index (χ2n) is 6.41. The Morgan fingerprint density at radius 1 is 1.17 bits per heavy atom. The van der Waals surface area contributed by atoms with Crippen LogP contribution in [0.3, 0.4) is 0 Å². The van der Waals surface area contributed by atoms with Crippen LogP contribution in [0, 0.1) is 6.92 Å². The number of nitrogens with one attached hydrogen (secondary N) is 2. The van der Waals surface area contributed by atoms with E-state index in [0.29, 0.717) is 23.0 Å². The second kappa shape index (κ2) is 10.0. The number of ether oxygens (including phenoxy) is 1. The van der Waals surface area contributed by atoms with Crippen LogP contribution in [0.25, 0.3) is 6.08 Å². The van der Waals surface area contributed by atoms with Crippen LogP contribution in [0.2, 0.25) is 5.02 Å². The Labute approximate surface area is 183 Å². The van der Waals surface area contributed by atoms with Gasteiger partial charge < -0.3 is 15.4 Å². The number of hydrogen-bond donors (Lipinski definition) is 2. The molecule has 1 aromatic heterocycles. The number of halogens is 1. The van der Waals surface area contributed by atoms with E-state index in [-0.39, 0.29) is 11.8 Å². The lowest BCUT2D eigenvalue weighted by Gasteiger charge is -2.08. The quantitative estimate of drug-likeness (QED) is 0.488. The Balaban J connectivity index is 1.53. The molecule has 0 aliphatic heterocycles. The highest BCUT2D eigenvalue weighted by Gasteiger charge is 2.06. The zero-order valence-electron chi connectivity index (χ0n) is 16.4. The number of amides is 2. The summed E-state index contributed by atoms with van der Waals surface area (Å²) >= 11 is 7.75. The molecule has 0 unspecified atom stereocenters. The van der Waals surface area contributed by atoms with Gasteiger partial charge in [0.1, 0.15) is 12.4 Å². The molecule has 3 rings (SSSR count). The highest BCUT2D eigenvalue weighted by Crippen LogP contribution is 2.25. The molecule has 2 amide bonds. The molecule has 0 saturated carbocycles. The SMILES string of the molecule is CC(=O)Nc1ccc(NC(=O)/C=C/c2ccc(OCc3csc(C)n3)cc2)c(Cl)c1. The van der Waals surface area contributed by atoms with E-state index in [1.54, 1.807) is 35.6 Å². The van der Waals surface area contributed by atoms with Crippen molar-refractivity contribution < 1.29 is 14.3 Å². The molecule has 6 nitrogen and oxygen atoms in total. The molecule has 0 aliphatic rings. The van der Waals surface area contributed by atoms with Gasteiger partial charge in [0.05, 0.1) is 21.4 Å². The van der Waals surface area contributed by atoms with Crippen molar-refractivity contribution >= 4 is 52.2 Å². The van der Waals surface area contributed by atoms with Crippen molar-refractivity contribution in [2.45, 2.75) is 20.5 Å². The second-order valence-corrected chi connectivity index (χ2v) is 7.88. The van der Waals surface area contributed by atoms with Gasteiger partial charge in [-0.2, -0.15) is 0 Å². The zero-order chi connectivity index (χ0) is 21.5. The highest BCUT2D eigenvalue weighted by molar-refractivity contribution is 7.09. The first kappa shape index (κ1) is 21.5. The van der Waals surface area contributed by atoms with Gasteiger partial charge in [0.2, 0.25) is 11.8 Å². The van der Waals surface area contributed by atoms with Crippen molar-refractivity contribution in [1.29, 1.82) is 0 Å². The van der Waals surface area contributed by atoms with Gasteiger partial charge in [-0.25, -0.2) is 4.98 Å². The summed E-state index contributed by atoms with van der Waals surface area (Å²) in [5, 5.41) is 8.67. The number of aryl methyl sites for hydroxylation is 1. The molecule has 0 radical (unpaired) electrons. The van der Waals surface area contributed by atoms with Crippen LogP contribution < -0.4 is 15.4 Å². The molecule has 30 heavy (non-hydrogen) atoms. The lowest BCUT2D eigenvalue weighted by atomic mass is 10.2. The number of hydrogen-bond acceptors (Lipinski definition) is 5. The first-order valence-corrected chi connectivity index (χ1v) is 10.3. The minimum Gasteiger partial charge on any atom is -0.487 e. The number of benzene rings is 2. The van der Waals surface area contributed by atoms with Crippen LogP contribution in [0.4, 0.5) is 11.4 Å². The Morgan fingerprint density at radius 2 is 1.93 bits per heavy atom. The number of rotatable bonds is 7. The maximum Gasteiger partial charge on any atom is 0.248 e. The molecule has 2 N–H and O–H groups in total. The summed E-state index contributed by atoms with van der Waals surface area (Å²) in [6.07, 6.45) is 3.12. The van der Waals surface area contributed by atoms with Gasteiger partial charge in [0.15, 0.2) is 0 Å². The lowest BCUT2D eigenvalue weighted by molar-refractivity contribution is -0.114. The summed E-state index contributed by atoms with van der Waals surface area (Å²) in [5.74, 6) is 0.220. The normalized spacial score (nSPS) is 10.8. The fraction of sp³-hybridized carbons (Fsp3) is 0.136. The molecule has 0 saturated heterocycles. The Bertz CT molecular complexity index is 1080. The summed E-state index contributed by atoms with van der Waals surface area (Å²) in [6, 6.07) is 12.3. The highest BCUT2D eigenvalue weighted by atomic mass is 35.5. The standard InChI is InChI=1S/C22H20ClN3O3S/c1-14(27)24-17-6-9-21(20(23)11-17)26-22(28)10-5-16-3-7-19(8-4-16)29-12-18-13-30-15(2)25-18/h3-11,13H,12H2,1-2H3,(H,24,27)(H,26,28)/b10-5+. The number of thiazole rings is 1. The van der Waals surface area contributed by atoms with Gasteiger partial charge >= 0.3 is 0 Å². The number of carbonyl (C=O) groups is 2. The van der Waals surface area contributed by atoms with Gasteiger partial charge in [-0.05, 0) is 48.9 Å². The summed E-state index contributed by atoms with van der Waals surface area (Å²) in [7, 11) is 0. The summed E-state index contributed by atoms with van der Waals surface area (Å²) in [6.45, 7) is 3.79. The smallest absolute Gasteiger partial charge is 0.248 e. The monoisotopic (exact) mass is 441 g/mol. The number of aromatic nitrogens is 1. The predicted molar refractivity (Wildman–Crippen MR) is 121 cm³/mol. The van der Waals surface area contributed by atoms with Gasteiger partial charge in [-0.1, -0.05) is 23.7 Å². The van der Waals surface area contributed by atoms with Crippen LogP contribution in [0.1, 0.15) is 23.2 Å². The Hall–Kier alpha value is -3.16. The molecule has 3 aromatic rings. The molecule has 8 heteroatoms. The minimum atomic E-state index is -0.316. The number of anilines is 2. The zero-order valence-corrected chi connectivity index (χ0v) is 18.0. The first-order valence-electron chi connectivity index (χ1n) is 9.09. The van der Waals surface area contributed by atoms with Crippen molar-refractivity contribution in [3.63, 3.8) is 0 Å². The van der Waals surface area contributed by atoms with Gasteiger partial charge in [-0.15, -0.1) is 11.3 Å². The Morgan fingerprint density at radius 3 is 2.57 bits per heavy atom. The Kier molecular flexibility index (Phi) is 7.21. The number of carbonyl (C=O) groups excluding carboxylic acids is 2. The van der Waals surface area contributed by atoms with Gasteiger partial charge in [0.25, 0.3) is 0 Å². The molecule has 2 aromatic carbocycles. The van der Waals surface area contributed by atoms with E-state index in [1.807, 2.05) is 36.6 Å². The maximum atomic E-state index is 12.2. The maximum absolute atomic E-state index is 12.2. The van der Waals surface area contributed by atoms with E-state index in [9.17, 15) is 9.59 Å². The third-order valence-electron chi connectivity index (χ3n) is 3.91. The molecular weight excluding hydrogens is 422 g/mol. The summed E-state index contributed by atoms with van der Waals surface area (Å²) in [5.41, 5.74) is 2.78. The predicted octanol–water partition coefficient (Wildman–Crippen LogP) is 5.29. The average molecular weight is 442 g/mol. The van der Waals surface area contributed by atoms with E-state index in [2.05, 4.69) is 15.6 Å². The first-order chi connectivity index (χ1) is 14.4. The van der Waals surface area contributed by atoms with Crippen LogP contribution in [0.5, 0.6) is 5.75 Å². The van der Waals surface area contributed by atoms with Gasteiger partial charge in [-0.3, -0.25) is 9.59 Å². The molecule has 0 bridgehead atoms. The van der Waals surface area contributed by atoms with E-state index in [4.69, 9.17) is 16.3 Å². The van der Waals surface area contributed by atoms with E-state index < -0.39 is 0 Å². The van der Waals surface area contributed by atoms with E-state index in [1.165, 1.54) is 13.0 Å². The largest absolute Gasteiger partial charge is 0.487 e. The third-order valence-corrected chi connectivity index (χ3v) is 5.04. The molecular formula is C22H20ClN3O3S. The molecule has 0 atom stereocenters. The third kappa shape index (κ3) is 6.43. The molecule has 154 valence electrons. The summed E-state index contributed by atoms with van der Waals surface area (Å²) < 4.78 is 5.71. The fourth-order valence-electron chi connectivity index (χ4n) is 2.55. The van der Waals surface area contributed by atoms with E-state index >= 15 is 0 Å². The average Bonchev–Trinajstić information content (AvgIpc) is 3.12. The van der Waals surface area contributed by atoms with Crippen molar-refractivity contribution in [2.75, 3.05) is 10.6 Å². The van der Waals surface area contributed by atoms with Crippen LogP contribution in [0.15, 0.2) is 53.9 Å². The molecule has 1 heterocycles. The van der Waals surface area contributed by atoms with Crippen molar-refractivity contribution in [2.24, 2.45) is 0 Å². The number of nitrogens with zero attached hydrogens (tertiary/aromatic N) is 1. The topological polar surface area (TPSA) is 80.3 Å². The molecule has 0 fully saturated rings. The minimum absolute atomic E-state index is 0.194. The molecule has 0 spiro atoms. The fourth-order valence-corrected chi connectivity index (χ4v) is 3.38. The lowest BCUT2D eigenvalue weighted by Crippen LogP contribution is -2.09. The van der Waals surface area contributed by atoms with Crippen LogP contribution in [-0.4, -0.2) is 16.8 Å². The van der Waals surface area contributed by atoms with E-state index in [0.717, 1.165) is 22.0 Å². The van der Waals surface area contributed by atoms with Crippen molar-refractivity contribution in [3.8, 4) is 5.75 Å². The molecule has 0 aliphatic carbocycles. The van der Waals surface area contributed by atoms with Crippen molar-refractivity contribution in [3.05, 3.63) is 75.2 Å². The van der Waals surface area contributed by atoms with Crippen molar-refractivity contribution in [1.82, 2.24) is 4.98 Å². The van der Waals surface area contributed by atoms with Crippen LogP contribution in [-0.2, 0) is 16.2 Å². The van der Waals surface area contributed by atoms with Gasteiger partial charge in [0, 0.05) is 24.1 Å². The summed E-state index contributed by atoms with van der Waals surface area (Å²) in [4.78, 5) is 27.6. The van der Waals surface area contributed by atoms with Crippen LogP contribution >= 0.6 is 22.9 Å².